The van der Waals surface area contributed by atoms with Crippen molar-refractivity contribution in [2.24, 2.45) is 0 Å². The van der Waals surface area contributed by atoms with Crippen molar-refractivity contribution >= 4 is 17.7 Å². The van der Waals surface area contributed by atoms with Crippen LogP contribution in [-0.4, -0.2) is 57.2 Å². The molecule has 27 heavy (non-hydrogen) atoms. The molecule has 1 aliphatic heterocycles. The number of carbonyl (C=O) groups is 1. The fourth-order valence-corrected chi connectivity index (χ4v) is 3.18. The van der Waals surface area contributed by atoms with Crippen LogP contribution in [0.4, 0.5) is 5.69 Å². The molecule has 3 rings (SSSR count). The molecule has 0 atom stereocenters. The Kier molecular flexibility index (Phi) is 6.88. The molecule has 2 aromatic rings. The van der Waals surface area contributed by atoms with Gasteiger partial charge in [0, 0.05) is 51.0 Å². The first-order valence-electron chi connectivity index (χ1n) is 9.37. The second-order valence-corrected chi connectivity index (χ2v) is 6.57. The van der Waals surface area contributed by atoms with Crippen LogP contribution in [0.5, 0.6) is 5.75 Å². The van der Waals surface area contributed by atoms with E-state index in [1.165, 1.54) is 5.69 Å². The van der Waals surface area contributed by atoms with Gasteiger partial charge >= 0.3 is 0 Å². The number of anilines is 1. The molecule has 0 bridgehead atoms. The molecule has 142 valence electrons. The minimum absolute atomic E-state index is 0.0688. The van der Waals surface area contributed by atoms with Gasteiger partial charge in [-0.15, -0.1) is 0 Å². The number of nitrogens with one attached hydrogen (secondary N) is 1. The molecule has 1 saturated heterocycles. The van der Waals surface area contributed by atoms with Crippen LogP contribution in [0.2, 0.25) is 0 Å². The number of hydrogen-bond acceptors (Lipinski definition) is 4. The topological polar surface area (TPSA) is 44.8 Å². The lowest BCUT2D eigenvalue weighted by molar-refractivity contribution is -0.116. The number of para-hydroxylation sites is 1. The lowest BCUT2D eigenvalue weighted by atomic mass is 10.2. The van der Waals surface area contributed by atoms with Crippen LogP contribution < -0.4 is 15.0 Å². The van der Waals surface area contributed by atoms with E-state index in [1.54, 1.807) is 19.3 Å². The summed E-state index contributed by atoms with van der Waals surface area (Å²) in [6.45, 7) is 5.62. The van der Waals surface area contributed by atoms with E-state index >= 15 is 0 Å². The summed E-state index contributed by atoms with van der Waals surface area (Å²) in [5.74, 6) is 0.716. The summed E-state index contributed by atoms with van der Waals surface area (Å²) < 4.78 is 5.19. The van der Waals surface area contributed by atoms with Crippen LogP contribution >= 0.6 is 0 Å². The molecule has 0 radical (unpaired) electrons. The number of hydrogen-bond donors (Lipinski definition) is 1. The highest BCUT2D eigenvalue weighted by atomic mass is 16.5. The average molecular weight is 365 g/mol. The molecular formula is C22H27N3O2. The van der Waals surface area contributed by atoms with Gasteiger partial charge in [0.05, 0.1) is 7.11 Å². The first-order valence-corrected chi connectivity index (χ1v) is 9.37. The Balaban J connectivity index is 1.36. The average Bonchev–Trinajstić information content (AvgIpc) is 2.73. The van der Waals surface area contributed by atoms with Crippen LogP contribution in [-0.2, 0) is 4.79 Å². The number of methoxy groups -OCH3 is 1. The molecule has 0 spiro atoms. The molecule has 2 aromatic carbocycles. The maximum atomic E-state index is 12.0. The van der Waals surface area contributed by atoms with E-state index in [4.69, 9.17) is 4.74 Å². The molecule has 1 amide bonds. The van der Waals surface area contributed by atoms with Crippen LogP contribution in [0.3, 0.4) is 0 Å². The van der Waals surface area contributed by atoms with Gasteiger partial charge in [-0.2, -0.15) is 0 Å². The van der Waals surface area contributed by atoms with Crippen LogP contribution in [0.15, 0.2) is 60.7 Å². The van der Waals surface area contributed by atoms with E-state index in [9.17, 15) is 4.79 Å². The molecule has 0 aliphatic carbocycles. The van der Waals surface area contributed by atoms with E-state index in [0.29, 0.717) is 6.54 Å². The Hall–Kier alpha value is -2.79. The summed E-state index contributed by atoms with van der Waals surface area (Å²) in [7, 11) is 1.63. The first-order chi connectivity index (χ1) is 13.2. The van der Waals surface area contributed by atoms with Crippen molar-refractivity contribution in [3.05, 3.63) is 66.2 Å². The third-order valence-corrected chi connectivity index (χ3v) is 4.74. The van der Waals surface area contributed by atoms with Gasteiger partial charge < -0.3 is 15.0 Å². The Morgan fingerprint density at radius 3 is 2.59 bits per heavy atom. The van der Waals surface area contributed by atoms with Crippen LogP contribution in [0, 0.1) is 0 Å². The van der Waals surface area contributed by atoms with E-state index < -0.39 is 0 Å². The molecule has 1 heterocycles. The van der Waals surface area contributed by atoms with Crippen molar-refractivity contribution in [3.8, 4) is 5.75 Å². The third-order valence-electron chi connectivity index (χ3n) is 4.74. The molecule has 1 fully saturated rings. The quantitative estimate of drug-likeness (QED) is 0.766. The Morgan fingerprint density at radius 1 is 1.07 bits per heavy atom. The van der Waals surface area contributed by atoms with Gasteiger partial charge in [-0.1, -0.05) is 30.3 Å². The predicted octanol–water partition coefficient (Wildman–Crippen LogP) is 2.65. The second-order valence-electron chi connectivity index (χ2n) is 6.57. The van der Waals surface area contributed by atoms with E-state index in [2.05, 4.69) is 39.4 Å². The lowest BCUT2D eigenvalue weighted by Gasteiger charge is -2.36. The summed E-state index contributed by atoms with van der Waals surface area (Å²) in [6, 6.07) is 18.2. The maximum Gasteiger partial charge on any atom is 0.244 e. The second kappa shape index (κ2) is 9.78. The van der Waals surface area contributed by atoms with Gasteiger partial charge in [0.15, 0.2) is 0 Å². The molecule has 0 saturated carbocycles. The zero-order chi connectivity index (χ0) is 18.9. The highest BCUT2D eigenvalue weighted by molar-refractivity contribution is 5.91. The molecule has 5 nitrogen and oxygen atoms in total. The predicted molar refractivity (Wildman–Crippen MR) is 110 cm³/mol. The van der Waals surface area contributed by atoms with Crippen LogP contribution in [0.25, 0.3) is 6.08 Å². The van der Waals surface area contributed by atoms with E-state index in [-0.39, 0.29) is 5.91 Å². The third kappa shape index (κ3) is 5.86. The Bertz CT molecular complexity index is 753. The SMILES string of the molecule is COc1cccc(/C=C/C(=O)NCCN2CCN(c3ccccc3)CC2)c1. The molecule has 5 heteroatoms. The minimum atomic E-state index is -0.0688. The summed E-state index contributed by atoms with van der Waals surface area (Å²) in [5, 5.41) is 2.96. The normalized spacial score (nSPS) is 15.1. The van der Waals surface area contributed by atoms with Crippen molar-refractivity contribution in [1.82, 2.24) is 10.2 Å². The summed E-state index contributed by atoms with van der Waals surface area (Å²) in [5.41, 5.74) is 2.23. The lowest BCUT2D eigenvalue weighted by Crippen LogP contribution is -2.48. The van der Waals surface area contributed by atoms with Crippen molar-refractivity contribution in [2.75, 3.05) is 51.3 Å². The van der Waals surface area contributed by atoms with Gasteiger partial charge in [-0.3, -0.25) is 9.69 Å². The summed E-state index contributed by atoms with van der Waals surface area (Å²) in [4.78, 5) is 16.8. The van der Waals surface area contributed by atoms with Crippen molar-refractivity contribution in [1.29, 1.82) is 0 Å². The minimum Gasteiger partial charge on any atom is -0.497 e. The number of benzene rings is 2. The summed E-state index contributed by atoms with van der Waals surface area (Å²) in [6.07, 6.45) is 3.37. The Morgan fingerprint density at radius 2 is 1.85 bits per heavy atom. The largest absolute Gasteiger partial charge is 0.497 e. The van der Waals surface area contributed by atoms with Crippen molar-refractivity contribution in [2.45, 2.75) is 0 Å². The fraction of sp³-hybridized carbons (Fsp3) is 0.318. The van der Waals surface area contributed by atoms with E-state index in [0.717, 1.165) is 44.0 Å². The van der Waals surface area contributed by atoms with Crippen molar-refractivity contribution < 1.29 is 9.53 Å². The van der Waals surface area contributed by atoms with E-state index in [1.807, 2.05) is 30.3 Å². The first kappa shape index (κ1) is 19.0. The zero-order valence-corrected chi connectivity index (χ0v) is 15.8. The maximum absolute atomic E-state index is 12.0. The van der Waals surface area contributed by atoms with Gasteiger partial charge in [0.1, 0.15) is 5.75 Å². The number of nitrogens with zero attached hydrogens (tertiary/aromatic N) is 2. The highest BCUT2D eigenvalue weighted by Gasteiger charge is 2.16. The van der Waals surface area contributed by atoms with Crippen LogP contribution in [0.1, 0.15) is 5.56 Å². The smallest absolute Gasteiger partial charge is 0.244 e. The van der Waals surface area contributed by atoms with Gasteiger partial charge in [0.2, 0.25) is 5.91 Å². The highest BCUT2D eigenvalue weighted by Crippen LogP contribution is 2.15. The number of ether oxygens (including phenoxy) is 1. The van der Waals surface area contributed by atoms with Gasteiger partial charge in [0.25, 0.3) is 0 Å². The standard InChI is InChI=1S/C22H27N3O2/c1-27-21-9-5-6-19(18-21)10-11-22(26)23-12-13-24-14-16-25(17-15-24)20-7-3-2-4-8-20/h2-11,18H,12-17H2,1H3,(H,23,26)/b11-10+. The zero-order valence-electron chi connectivity index (χ0n) is 15.8. The number of carbonyl (C=O) groups excluding carboxylic acids is 1. The molecular weight excluding hydrogens is 338 g/mol. The fourth-order valence-electron chi connectivity index (χ4n) is 3.18. The molecule has 0 aromatic heterocycles. The molecule has 1 N–H and O–H groups in total. The Labute approximate surface area is 161 Å². The van der Waals surface area contributed by atoms with Crippen molar-refractivity contribution in [3.63, 3.8) is 0 Å². The number of piperazine rings is 1. The molecule has 0 unspecified atom stereocenters. The van der Waals surface area contributed by atoms with Gasteiger partial charge in [-0.25, -0.2) is 0 Å². The monoisotopic (exact) mass is 365 g/mol. The van der Waals surface area contributed by atoms with Gasteiger partial charge in [-0.05, 0) is 35.9 Å². The number of amides is 1. The molecule has 1 aliphatic rings. The summed E-state index contributed by atoms with van der Waals surface area (Å²) >= 11 is 0. The number of rotatable bonds is 7.